The summed E-state index contributed by atoms with van der Waals surface area (Å²) in [5.41, 5.74) is 1.04. The van der Waals surface area contributed by atoms with Gasteiger partial charge in [0.05, 0.1) is 32.1 Å². The van der Waals surface area contributed by atoms with Gasteiger partial charge in [-0.2, -0.15) is 0 Å². The SMILES string of the molecule is COc1ccccc1-c1cn([C@H]2C(F)C(C)(F)O[C@@H]([C@H](O)[C@H](O)CO)[C@@H]2C)nn1. The summed E-state index contributed by atoms with van der Waals surface area (Å²) in [6, 6.07) is 5.91. The molecule has 1 aliphatic heterocycles. The van der Waals surface area contributed by atoms with Crippen LogP contribution in [0.15, 0.2) is 30.5 Å². The molecule has 3 rings (SSSR count). The van der Waals surface area contributed by atoms with Gasteiger partial charge in [0, 0.05) is 11.5 Å². The molecule has 0 spiro atoms. The van der Waals surface area contributed by atoms with Gasteiger partial charge in [-0.25, -0.2) is 13.5 Å². The Kier molecular flexibility index (Phi) is 6.18. The van der Waals surface area contributed by atoms with Crippen LogP contribution < -0.4 is 4.74 Å². The molecule has 2 unspecified atom stereocenters. The number of aromatic nitrogens is 3. The third kappa shape index (κ3) is 3.97. The minimum Gasteiger partial charge on any atom is -0.496 e. The summed E-state index contributed by atoms with van der Waals surface area (Å²) in [5, 5.41) is 37.1. The second kappa shape index (κ2) is 8.31. The van der Waals surface area contributed by atoms with Gasteiger partial charge in [0.1, 0.15) is 23.7 Å². The number of para-hydroxylation sites is 1. The summed E-state index contributed by atoms with van der Waals surface area (Å²) in [7, 11) is 1.51. The molecule has 1 aromatic carbocycles. The lowest BCUT2D eigenvalue weighted by molar-refractivity contribution is -0.288. The van der Waals surface area contributed by atoms with Gasteiger partial charge in [-0.05, 0) is 19.1 Å². The zero-order valence-electron chi connectivity index (χ0n) is 16.3. The molecule has 1 fully saturated rings. The zero-order chi connectivity index (χ0) is 21.3. The van der Waals surface area contributed by atoms with Crippen molar-refractivity contribution < 1.29 is 33.6 Å². The highest BCUT2D eigenvalue weighted by Crippen LogP contribution is 2.44. The molecule has 0 aliphatic carbocycles. The van der Waals surface area contributed by atoms with Crippen LogP contribution in [0.4, 0.5) is 8.78 Å². The normalized spacial score (nSPS) is 32.0. The van der Waals surface area contributed by atoms with Crippen LogP contribution in [0, 0.1) is 5.92 Å². The number of hydrogen-bond acceptors (Lipinski definition) is 7. The van der Waals surface area contributed by atoms with Crippen LogP contribution in [0.1, 0.15) is 19.9 Å². The molecule has 3 N–H and O–H groups in total. The molecule has 1 saturated heterocycles. The largest absolute Gasteiger partial charge is 0.496 e. The highest BCUT2D eigenvalue weighted by atomic mass is 19.2. The van der Waals surface area contributed by atoms with Gasteiger partial charge in [0.15, 0.2) is 6.17 Å². The van der Waals surface area contributed by atoms with Crippen LogP contribution in [0.3, 0.4) is 0 Å². The fourth-order valence-corrected chi connectivity index (χ4v) is 3.69. The molecule has 8 nitrogen and oxygen atoms in total. The van der Waals surface area contributed by atoms with Gasteiger partial charge in [0.25, 0.3) is 0 Å². The Morgan fingerprint density at radius 1 is 1.34 bits per heavy atom. The number of methoxy groups -OCH3 is 1. The van der Waals surface area contributed by atoms with E-state index in [0.29, 0.717) is 17.0 Å². The summed E-state index contributed by atoms with van der Waals surface area (Å²) in [5.74, 6) is -2.99. The number of nitrogens with zero attached hydrogens (tertiary/aromatic N) is 3. The Balaban J connectivity index is 1.97. The van der Waals surface area contributed by atoms with Crippen LogP contribution in [0.2, 0.25) is 0 Å². The van der Waals surface area contributed by atoms with Gasteiger partial charge in [0.2, 0.25) is 5.85 Å². The second-order valence-electron chi connectivity index (χ2n) is 7.34. The molecule has 0 bridgehead atoms. The van der Waals surface area contributed by atoms with E-state index in [1.165, 1.54) is 18.0 Å². The molecule has 2 aromatic rings. The summed E-state index contributed by atoms with van der Waals surface area (Å²) in [4.78, 5) is 0. The molecule has 1 aromatic heterocycles. The first kappa shape index (κ1) is 21.6. The molecular weight excluding hydrogens is 388 g/mol. The van der Waals surface area contributed by atoms with Crippen molar-refractivity contribution in [2.45, 2.75) is 50.2 Å². The van der Waals surface area contributed by atoms with Gasteiger partial charge in [-0.3, -0.25) is 0 Å². The summed E-state index contributed by atoms with van der Waals surface area (Å²) >= 11 is 0. The fraction of sp³-hybridized carbons (Fsp3) is 0.579. The summed E-state index contributed by atoms with van der Waals surface area (Å²) in [6.07, 6.45) is -5.09. The molecular formula is C19H25F2N3O5. The first-order valence-corrected chi connectivity index (χ1v) is 9.24. The minimum atomic E-state index is -2.74. The highest BCUT2D eigenvalue weighted by molar-refractivity contribution is 5.66. The van der Waals surface area contributed by atoms with Crippen molar-refractivity contribution in [3.8, 4) is 17.0 Å². The lowest BCUT2D eigenvalue weighted by Gasteiger charge is -2.46. The number of ether oxygens (including phenoxy) is 2. The van der Waals surface area contributed by atoms with E-state index in [1.54, 1.807) is 31.2 Å². The zero-order valence-corrected chi connectivity index (χ0v) is 16.3. The number of rotatable bonds is 6. The first-order chi connectivity index (χ1) is 13.7. The quantitative estimate of drug-likeness (QED) is 0.654. The molecule has 7 atom stereocenters. The number of hydrogen-bond donors (Lipinski definition) is 3. The average Bonchev–Trinajstić information content (AvgIpc) is 3.19. The van der Waals surface area contributed by atoms with E-state index in [-0.39, 0.29) is 0 Å². The van der Waals surface area contributed by atoms with Gasteiger partial charge in [-0.15, -0.1) is 5.10 Å². The Hall–Kier alpha value is -2.14. The van der Waals surface area contributed by atoms with Crippen molar-refractivity contribution in [2.24, 2.45) is 5.92 Å². The monoisotopic (exact) mass is 413 g/mol. The lowest BCUT2D eigenvalue weighted by Crippen LogP contribution is -2.59. The summed E-state index contributed by atoms with van der Waals surface area (Å²) < 4.78 is 41.5. The summed E-state index contributed by atoms with van der Waals surface area (Å²) in [6.45, 7) is 1.72. The van der Waals surface area contributed by atoms with Gasteiger partial charge in [-0.1, -0.05) is 24.3 Å². The number of aliphatic hydroxyl groups excluding tert-OH is 3. The molecule has 0 amide bonds. The van der Waals surface area contributed by atoms with Crippen LogP contribution in [0.25, 0.3) is 11.3 Å². The number of alkyl halides is 2. The Morgan fingerprint density at radius 3 is 2.69 bits per heavy atom. The van der Waals surface area contributed by atoms with Crippen molar-refractivity contribution in [2.75, 3.05) is 13.7 Å². The third-order valence-corrected chi connectivity index (χ3v) is 5.33. The Morgan fingerprint density at radius 2 is 2.03 bits per heavy atom. The second-order valence-corrected chi connectivity index (χ2v) is 7.34. The molecule has 1 aliphatic rings. The van der Waals surface area contributed by atoms with Crippen LogP contribution in [0.5, 0.6) is 5.75 Å². The van der Waals surface area contributed by atoms with E-state index in [0.717, 1.165) is 6.92 Å². The van der Waals surface area contributed by atoms with Crippen molar-refractivity contribution >= 4 is 0 Å². The van der Waals surface area contributed by atoms with E-state index in [9.17, 15) is 14.6 Å². The predicted octanol–water partition coefficient (Wildman–Crippen LogP) is 1.27. The first-order valence-electron chi connectivity index (χ1n) is 9.24. The molecule has 0 saturated carbocycles. The van der Waals surface area contributed by atoms with E-state index >= 15 is 4.39 Å². The predicted molar refractivity (Wildman–Crippen MR) is 98.6 cm³/mol. The minimum absolute atomic E-state index is 0.404. The highest BCUT2D eigenvalue weighted by Gasteiger charge is 2.55. The van der Waals surface area contributed by atoms with Gasteiger partial charge >= 0.3 is 0 Å². The Bertz CT molecular complexity index is 834. The average molecular weight is 413 g/mol. The van der Waals surface area contributed by atoms with Gasteiger partial charge < -0.3 is 24.8 Å². The van der Waals surface area contributed by atoms with Crippen molar-refractivity contribution in [3.63, 3.8) is 0 Å². The van der Waals surface area contributed by atoms with Crippen molar-refractivity contribution in [3.05, 3.63) is 30.5 Å². The maximum Gasteiger partial charge on any atom is 0.240 e. The molecule has 2 heterocycles. The van der Waals surface area contributed by atoms with Crippen molar-refractivity contribution in [1.29, 1.82) is 0 Å². The third-order valence-electron chi connectivity index (χ3n) is 5.33. The Labute approximate surface area is 166 Å². The van der Waals surface area contributed by atoms with E-state index in [4.69, 9.17) is 14.6 Å². The standard InChI is InChI=1S/C19H25F2N3O5/c1-10-15(18(20)19(2,21)29-17(10)16(27)13(26)9-25)24-8-12(22-23-24)11-6-4-5-7-14(11)28-3/h4-8,10,13,15-18,25-27H,9H2,1-3H3/t10-,13-,15-,16-,17-,18?,19?/m1/s1. The van der Waals surface area contributed by atoms with E-state index < -0.39 is 48.9 Å². The molecule has 160 valence electrons. The maximum atomic E-state index is 15.0. The van der Waals surface area contributed by atoms with Crippen LogP contribution in [-0.4, -0.2) is 74.4 Å². The number of benzene rings is 1. The number of aliphatic hydroxyl groups is 3. The topological polar surface area (TPSA) is 110 Å². The molecule has 0 radical (unpaired) electrons. The number of halogens is 2. The van der Waals surface area contributed by atoms with Crippen molar-refractivity contribution in [1.82, 2.24) is 15.0 Å². The maximum absolute atomic E-state index is 15.0. The van der Waals surface area contributed by atoms with E-state index in [1.807, 2.05) is 0 Å². The van der Waals surface area contributed by atoms with E-state index in [2.05, 4.69) is 10.3 Å². The molecule has 10 heteroatoms. The molecule has 29 heavy (non-hydrogen) atoms. The lowest BCUT2D eigenvalue weighted by atomic mass is 9.82. The van der Waals surface area contributed by atoms with Crippen LogP contribution >= 0.6 is 0 Å². The fourth-order valence-electron chi connectivity index (χ4n) is 3.69. The smallest absolute Gasteiger partial charge is 0.240 e. The van der Waals surface area contributed by atoms with Crippen LogP contribution in [-0.2, 0) is 4.74 Å².